The molecule has 0 saturated heterocycles. The molecule has 4 nitrogen and oxygen atoms in total. The summed E-state index contributed by atoms with van der Waals surface area (Å²) in [5.74, 6) is 1.56. The monoisotopic (exact) mass is 307 g/mol. The van der Waals surface area contributed by atoms with Crippen molar-refractivity contribution >= 4 is 16.7 Å². The fourth-order valence-electron chi connectivity index (χ4n) is 2.54. The van der Waals surface area contributed by atoms with Gasteiger partial charge in [-0.25, -0.2) is 9.97 Å². The summed E-state index contributed by atoms with van der Waals surface area (Å²) < 4.78 is 0. The van der Waals surface area contributed by atoms with E-state index >= 15 is 0 Å². The lowest BCUT2D eigenvalue weighted by molar-refractivity contribution is 0.477. The molecule has 0 unspecified atom stereocenters. The number of benzene rings is 2. The Morgan fingerprint density at radius 1 is 1.09 bits per heavy atom. The molecule has 0 aliphatic heterocycles. The van der Waals surface area contributed by atoms with Crippen molar-refractivity contribution in [1.29, 1.82) is 0 Å². The number of fused-ring (bicyclic) bond motifs is 1. The number of phenols is 1. The maximum atomic E-state index is 10.1. The van der Waals surface area contributed by atoms with E-state index in [1.165, 1.54) is 0 Å². The lowest BCUT2D eigenvalue weighted by Crippen LogP contribution is -2.05. The van der Waals surface area contributed by atoms with E-state index in [9.17, 15) is 5.11 Å². The third kappa shape index (κ3) is 3.26. The number of rotatable bonds is 5. The average Bonchev–Trinajstić information content (AvgIpc) is 2.55. The van der Waals surface area contributed by atoms with E-state index in [4.69, 9.17) is 0 Å². The van der Waals surface area contributed by atoms with Gasteiger partial charge in [-0.05, 0) is 43.2 Å². The molecule has 1 aromatic heterocycles. The Morgan fingerprint density at radius 2 is 1.91 bits per heavy atom. The van der Waals surface area contributed by atoms with Crippen LogP contribution in [0.25, 0.3) is 22.3 Å². The summed E-state index contributed by atoms with van der Waals surface area (Å²) in [4.78, 5) is 9.30. The second kappa shape index (κ2) is 6.65. The number of anilines is 1. The van der Waals surface area contributed by atoms with E-state index in [0.717, 1.165) is 41.7 Å². The maximum Gasteiger partial charge on any atom is 0.165 e. The minimum absolute atomic E-state index is 0.194. The van der Waals surface area contributed by atoms with Crippen LogP contribution in [-0.2, 0) is 0 Å². The molecular formula is C19H21N3O. The SMILES string of the molecule is CCCCNc1nc(-c2ccccc2O)nc2cc(C)ccc12. The Morgan fingerprint density at radius 3 is 2.70 bits per heavy atom. The van der Waals surface area contributed by atoms with Crippen LogP contribution in [0.15, 0.2) is 42.5 Å². The molecule has 0 bridgehead atoms. The van der Waals surface area contributed by atoms with Crippen molar-refractivity contribution in [2.45, 2.75) is 26.7 Å². The first-order valence-corrected chi connectivity index (χ1v) is 7.99. The van der Waals surface area contributed by atoms with Gasteiger partial charge >= 0.3 is 0 Å². The highest BCUT2D eigenvalue weighted by Crippen LogP contribution is 2.30. The van der Waals surface area contributed by atoms with Gasteiger partial charge < -0.3 is 10.4 Å². The van der Waals surface area contributed by atoms with Crippen LogP contribution in [-0.4, -0.2) is 21.6 Å². The molecule has 0 aliphatic rings. The zero-order valence-electron chi connectivity index (χ0n) is 13.5. The molecule has 2 N–H and O–H groups in total. The number of aromatic hydroxyl groups is 1. The average molecular weight is 307 g/mol. The van der Waals surface area contributed by atoms with Crippen LogP contribution >= 0.6 is 0 Å². The first-order chi connectivity index (χ1) is 11.2. The predicted molar refractivity (Wildman–Crippen MR) is 94.8 cm³/mol. The summed E-state index contributed by atoms with van der Waals surface area (Å²) in [7, 11) is 0. The fourth-order valence-corrected chi connectivity index (χ4v) is 2.54. The molecule has 2 aromatic carbocycles. The second-order valence-electron chi connectivity index (χ2n) is 5.71. The number of phenolic OH excluding ortho intramolecular Hbond substituents is 1. The fraction of sp³-hybridized carbons (Fsp3) is 0.263. The Kier molecular flexibility index (Phi) is 4.42. The van der Waals surface area contributed by atoms with E-state index in [2.05, 4.69) is 28.3 Å². The number of aryl methyl sites for hydroxylation is 1. The lowest BCUT2D eigenvalue weighted by atomic mass is 10.1. The zero-order chi connectivity index (χ0) is 16.2. The molecule has 3 rings (SSSR count). The van der Waals surface area contributed by atoms with Gasteiger partial charge in [0.25, 0.3) is 0 Å². The van der Waals surface area contributed by atoms with Crippen LogP contribution in [0.4, 0.5) is 5.82 Å². The van der Waals surface area contributed by atoms with Gasteiger partial charge in [-0.1, -0.05) is 31.5 Å². The highest BCUT2D eigenvalue weighted by Gasteiger charge is 2.12. The Labute approximate surface area is 136 Å². The van der Waals surface area contributed by atoms with Crippen molar-refractivity contribution in [2.75, 3.05) is 11.9 Å². The van der Waals surface area contributed by atoms with Crippen molar-refractivity contribution in [3.05, 3.63) is 48.0 Å². The number of nitrogens with one attached hydrogen (secondary N) is 1. The molecule has 118 valence electrons. The number of unbranched alkanes of at least 4 members (excludes halogenated alkanes) is 1. The summed E-state index contributed by atoms with van der Waals surface area (Å²) in [6, 6.07) is 13.3. The van der Waals surface area contributed by atoms with Gasteiger partial charge in [-0.15, -0.1) is 0 Å². The molecule has 0 radical (unpaired) electrons. The van der Waals surface area contributed by atoms with E-state index in [1.54, 1.807) is 12.1 Å². The van der Waals surface area contributed by atoms with Crippen LogP contribution in [0.1, 0.15) is 25.3 Å². The summed E-state index contributed by atoms with van der Waals surface area (Å²) >= 11 is 0. The van der Waals surface area contributed by atoms with Gasteiger partial charge in [0.2, 0.25) is 0 Å². The van der Waals surface area contributed by atoms with Crippen molar-refractivity contribution in [3.63, 3.8) is 0 Å². The quantitative estimate of drug-likeness (QED) is 0.680. The number of hydrogen-bond acceptors (Lipinski definition) is 4. The summed E-state index contributed by atoms with van der Waals surface area (Å²) in [5, 5.41) is 14.5. The molecule has 0 amide bonds. The molecule has 0 fully saturated rings. The van der Waals surface area contributed by atoms with E-state index in [0.29, 0.717) is 11.4 Å². The summed E-state index contributed by atoms with van der Waals surface area (Å²) in [5.41, 5.74) is 2.69. The van der Waals surface area contributed by atoms with Crippen LogP contribution in [0.5, 0.6) is 5.75 Å². The normalized spacial score (nSPS) is 10.9. The Hall–Kier alpha value is -2.62. The zero-order valence-corrected chi connectivity index (χ0v) is 13.5. The van der Waals surface area contributed by atoms with Gasteiger partial charge in [0.15, 0.2) is 5.82 Å². The smallest absolute Gasteiger partial charge is 0.165 e. The highest BCUT2D eigenvalue weighted by molar-refractivity contribution is 5.91. The first kappa shape index (κ1) is 15.3. The van der Waals surface area contributed by atoms with Crippen LogP contribution < -0.4 is 5.32 Å². The Balaban J connectivity index is 2.13. The van der Waals surface area contributed by atoms with Gasteiger partial charge in [-0.2, -0.15) is 0 Å². The summed E-state index contributed by atoms with van der Waals surface area (Å²) in [6.07, 6.45) is 2.21. The number of para-hydroxylation sites is 1. The summed E-state index contributed by atoms with van der Waals surface area (Å²) in [6.45, 7) is 5.08. The molecule has 0 aliphatic carbocycles. The van der Waals surface area contributed by atoms with E-state index < -0.39 is 0 Å². The predicted octanol–water partition coefficient (Wildman–Crippen LogP) is 4.52. The van der Waals surface area contributed by atoms with E-state index in [-0.39, 0.29) is 5.75 Å². The lowest BCUT2D eigenvalue weighted by Gasteiger charge is -2.12. The third-order valence-corrected chi connectivity index (χ3v) is 3.82. The second-order valence-corrected chi connectivity index (χ2v) is 5.71. The van der Waals surface area contributed by atoms with Crippen LogP contribution in [0.2, 0.25) is 0 Å². The standard InChI is InChI=1S/C19H21N3O/c1-3-4-11-20-18-14-10-9-13(2)12-16(14)21-19(22-18)15-7-5-6-8-17(15)23/h5-10,12,23H,3-4,11H2,1-2H3,(H,20,21,22). The van der Waals surface area contributed by atoms with Crippen molar-refractivity contribution in [2.24, 2.45) is 0 Å². The van der Waals surface area contributed by atoms with E-state index in [1.807, 2.05) is 31.2 Å². The van der Waals surface area contributed by atoms with Crippen molar-refractivity contribution in [3.8, 4) is 17.1 Å². The number of aromatic nitrogens is 2. The molecule has 0 atom stereocenters. The number of hydrogen-bond donors (Lipinski definition) is 2. The molecule has 1 heterocycles. The Bertz CT molecular complexity index is 830. The van der Waals surface area contributed by atoms with Crippen molar-refractivity contribution in [1.82, 2.24) is 9.97 Å². The minimum Gasteiger partial charge on any atom is -0.507 e. The molecular weight excluding hydrogens is 286 g/mol. The largest absolute Gasteiger partial charge is 0.507 e. The highest BCUT2D eigenvalue weighted by atomic mass is 16.3. The molecule has 0 spiro atoms. The van der Waals surface area contributed by atoms with Gasteiger partial charge in [0.05, 0.1) is 11.1 Å². The molecule has 4 heteroatoms. The topological polar surface area (TPSA) is 58.0 Å². The van der Waals surface area contributed by atoms with Crippen LogP contribution in [0.3, 0.4) is 0 Å². The van der Waals surface area contributed by atoms with Gasteiger partial charge in [0, 0.05) is 11.9 Å². The molecule has 0 saturated carbocycles. The van der Waals surface area contributed by atoms with Gasteiger partial charge in [0.1, 0.15) is 11.6 Å². The molecule has 3 aromatic rings. The van der Waals surface area contributed by atoms with Crippen LogP contribution in [0, 0.1) is 6.92 Å². The molecule has 23 heavy (non-hydrogen) atoms. The maximum absolute atomic E-state index is 10.1. The van der Waals surface area contributed by atoms with Crippen molar-refractivity contribution < 1.29 is 5.11 Å². The third-order valence-electron chi connectivity index (χ3n) is 3.82. The first-order valence-electron chi connectivity index (χ1n) is 7.99. The minimum atomic E-state index is 0.194. The van der Waals surface area contributed by atoms with Gasteiger partial charge in [-0.3, -0.25) is 0 Å². The number of nitrogens with zero attached hydrogens (tertiary/aromatic N) is 2.